The lowest BCUT2D eigenvalue weighted by Crippen LogP contribution is -2.36. The van der Waals surface area contributed by atoms with E-state index in [1.54, 1.807) is 0 Å². The number of hydrogen-bond acceptors (Lipinski definition) is 2. The molecule has 1 saturated heterocycles. The van der Waals surface area contributed by atoms with Crippen LogP contribution < -0.4 is 5.32 Å². The summed E-state index contributed by atoms with van der Waals surface area (Å²) in [5.74, 6) is -0.739. The molecule has 2 rings (SSSR count). The zero-order chi connectivity index (χ0) is 11.5. The van der Waals surface area contributed by atoms with Gasteiger partial charge in [0, 0.05) is 10.5 Å². The van der Waals surface area contributed by atoms with Crippen molar-refractivity contribution in [2.75, 3.05) is 0 Å². The summed E-state index contributed by atoms with van der Waals surface area (Å²) in [7, 11) is 0. The number of halogens is 1. The van der Waals surface area contributed by atoms with Crippen LogP contribution in [0.4, 0.5) is 0 Å². The average molecular weight is 284 g/mol. The van der Waals surface area contributed by atoms with Crippen molar-refractivity contribution in [1.29, 1.82) is 0 Å². The zero-order valence-corrected chi connectivity index (χ0v) is 10.4. The Morgan fingerprint density at radius 2 is 2.31 bits per heavy atom. The Bertz CT molecular complexity index is 394. The lowest BCUT2D eigenvalue weighted by molar-refractivity contribution is -0.139. The van der Waals surface area contributed by atoms with Crippen molar-refractivity contribution in [2.45, 2.75) is 31.3 Å². The highest BCUT2D eigenvalue weighted by atomic mass is 79.9. The third-order valence-electron chi connectivity index (χ3n) is 2.91. The van der Waals surface area contributed by atoms with Crippen LogP contribution in [0.1, 0.15) is 18.4 Å². The number of carbonyl (C=O) groups is 1. The Kier molecular flexibility index (Phi) is 3.61. The van der Waals surface area contributed by atoms with Crippen LogP contribution in [-0.2, 0) is 11.2 Å². The predicted octanol–water partition coefficient (Wildman–Crippen LogP) is 2.20. The maximum Gasteiger partial charge on any atom is 0.320 e. The molecule has 1 aromatic rings. The van der Waals surface area contributed by atoms with Crippen LogP contribution in [0.5, 0.6) is 0 Å². The number of rotatable bonds is 3. The van der Waals surface area contributed by atoms with Crippen LogP contribution in [0.15, 0.2) is 28.7 Å². The second kappa shape index (κ2) is 4.97. The Hall–Kier alpha value is -0.870. The van der Waals surface area contributed by atoms with Crippen LogP contribution in [0.2, 0.25) is 0 Å². The van der Waals surface area contributed by atoms with Gasteiger partial charge < -0.3 is 10.4 Å². The quantitative estimate of drug-likeness (QED) is 0.894. The van der Waals surface area contributed by atoms with Gasteiger partial charge in [-0.1, -0.05) is 28.1 Å². The van der Waals surface area contributed by atoms with Gasteiger partial charge in [-0.2, -0.15) is 0 Å². The highest BCUT2D eigenvalue weighted by Crippen LogP contribution is 2.19. The first-order valence-corrected chi connectivity index (χ1v) is 6.18. The normalized spacial score (nSPS) is 24.6. The third-order valence-corrected chi connectivity index (χ3v) is 3.40. The number of aliphatic carboxylic acids is 1. The molecule has 1 fully saturated rings. The van der Waals surface area contributed by atoms with Crippen LogP contribution in [-0.4, -0.2) is 23.2 Å². The van der Waals surface area contributed by atoms with Gasteiger partial charge in [0.05, 0.1) is 0 Å². The van der Waals surface area contributed by atoms with Gasteiger partial charge in [0.2, 0.25) is 0 Å². The zero-order valence-electron chi connectivity index (χ0n) is 8.82. The molecule has 0 spiro atoms. The molecule has 2 atom stereocenters. The van der Waals surface area contributed by atoms with Crippen molar-refractivity contribution in [2.24, 2.45) is 0 Å². The Morgan fingerprint density at radius 3 is 2.94 bits per heavy atom. The van der Waals surface area contributed by atoms with E-state index >= 15 is 0 Å². The van der Waals surface area contributed by atoms with E-state index in [4.69, 9.17) is 5.11 Å². The molecule has 1 aromatic carbocycles. The van der Waals surface area contributed by atoms with Crippen molar-refractivity contribution in [3.63, 3.8) is 0 Å². The second-order valence-electron chi connectivity index (χ2n) is 4.17. The summed E-state index contributed by atoms with van der Waals surface area (Å²) in [5.41, 5.74) is 1.23. The molecule has 0 aliphatic carbocycles. The first-order chi connectivity index (χ1) is 7.65. The fourth-order valence-corrected chi connectivity index (χ4v) is 2.57. The Labute approximate surface area is 103 Å². The van der Waals surface area contributed by atoms with Crippen LogP contribution in [0.3, 0.4) is 0 Å². The molecule has 1 heterocycles. The summed E-state index contributed by atoms with van der Waals surface area (Å²) in [4.78, 5) is 10.8. The molecule has 0 bridgehead atoms. The van der Waals surface area contributed by atoms with Crippen molar-refractivity contribution in [1.82, 2.24) is 5.32 Å². The minimum absolute atomic E-state index is 0.287. The summed E-state index contributed by atoms with van der Waals surface area (Å²) >= 11 is 3.43. The molecule has 0 amide bonds. The highest BCUT2D eigenvalue weighted by molar-refractivity contribution is 9.10. The molecule has 86 valence electrons. The molecule has 0 aromatic heterocycles. The lowest BCUT2D eigenvalue weighted by atomic mass is 10.0. The van der Waals surface area contributed by atoms with Crippen molar-refractivity contribution in [3.8, 4) is 0 Å². The van der Waals surface area contributed by atoms with Crippen LogP contribution in [0, 0.1) is 0 Å². The molecule has 3 nitrogen and oxygen atoms in total. The fourth-order valence-electron chi connectivity index (χ4n) is 2.12. The number of nitrogens with one attached hydrogen (secondary N) is 1. The summed E-state index contributed by atoms with van der Waals surface area (Å²) in [6, 6.07) is 8.07. The van der Waals surface area contributed by atoms with Crippen LogP contribution in [0.25, 0.3) is 0 Å². The number of benzene rings is 1. The number of carboxylic acids is 1. The van der Waals surface area contributed by atoms with E-state index in [-0.39, 0.29) is 12.1 Å². The van der Waals surface area contributed by atoms with E-state index in [2.05, 4.69) is 33.4 Å². The van der Waals surface area contributed by atoms with E-state index in [0.29, 0.717) is 0 Å². The average Bonchev–Trinajstić information content (AvgIpc) is 2.66. The van der Waals surface area contributed by atoms with Gasteiger partial charge >= 0.3 is 5.97 Å². The van der Waals surface area contributed by atoms with E-state index in [9.17, 15) is 4.79 Å². The van der Waals surface area contributed by atoms with Crippen molar-refractivity contribution < 1.29 is 9.90 Å². The fraction of sp³-hybridized carbons (Fsp3) is 0.417. The molecule has 0 saturated carbocycles. The van der Waals surface area contributed by atoms with E-state index in [1.165, 1.54) is 5.56 Å². The van der Waals surface area contributed by atoms with Crippen molar-refractivity contribution >= 4 is 21.9 Å². The largest absolute Gasteiger partial charge is 0.480 e. The van der Waals surface area contributed by atoms with Gasteiger partial charge in [0.1, 0.15) is 6.04 Å². The monoisotopic (exact) mass is 283 g/mol. The SMILES string of the molecule is O=C(O)C1CCC(Cc2cccc(Br)c2)N1. The molecule has 2 unspecified atom stereocenters. The van der Waals surface area contributed by atoms with Crippen LogP contribution >= 0.6 is 15.9 Å². The summed E-state index contributed by atoms with van der Waals surface area (Å²) < 4.78 is 1.07. The van der Waals surface area contributed by atoms with Crippen molar-refractivity contribution in [3.05, 3.63) is 34.3 Å². The molecule has 4 heteroatoms. The number of carboxylic acid groups (broad SMARTS) is 1. The second-order valence-corrected chi connectivity index (χ2v) is 5.08. The standard InChI is InChI=1S/C12H14BrNO2/c13-9-3-1-2-8(6-9)7-10-4-5-11(14-10)12(15)16/h1-3,6,10-11,14H,4-5,7H2,(H,15,16). The first-order valence-electron chi connectivity index (χ1n) is 5.38. The molecule has 16 heavy (non-hydrogen) atoms. The van der Waals surface area contributed by atoms with Gasteiger partial charge in [-0.05, 0) is 37.0 Å². The molecular formula is C12H14BrNO2. The minimum atomic E-state index is -0.739. The Balaban J connectivity index is 1.94. The minimum Gasteiger partial charge on any atom is -0.480 e. The molecule has 1 aliphatic rings. The van der Waals surface area contributed by atoms with E-state index in [1.807, 2.05) is 12.1 Å². The smallest absolute Gasteiger partial charge is 0.320 e. The summed E-state index contributed by atoms with van der Waals surface area (Å²) in [5, 5.41) is 12.0. The molecular weight excluding hydrogens is 270 g/mol. The van der Waals surface area contributed by atoms with E-state index < -0.39 is 5.97 Å². The Morgan fingerprint density at radius 1 is 1.50 bits per heavy atom. The maximum atomic E-state index is 10.8. The summed E-state index contributed by atoms with van der Waals surface area (Å²) in [6.45, 7) is 0. The molecule has 0 radical (unpaired) electrons. The van der Waals surface area contributed by atoms with E-state index in [0.717, 1.165) is 23.7 Å². The molecule has 1 aliphatic heterocycles. The highest BCUT2D eigenvalue weighted by Gasteiger charge is 2.28. The maximum absolute atomic E-state index is 10.8. The van der Waals surface area contributed by atoms with Gasteiger partial charge in [-0.25, -0.2) is 0 Å². The summed E-state index contributed by atoms with van der Waals surface area (Å²) in [6.07, 6.45) is 2.56. The molecule has 2 N–H and O–H groups in total. The van der Waals surface area contributed by atoms with Gasteiger partial charge in [-0.15, -0.1) is 0 Å². The third kappa shape index (κ3) is 2.83. The topological polar surface area (TPSA) is 49.3 Å². The first kappa shape index (κ1) is 11.6. The van der Waals surface area contributed by atoms with Gasteiger partial charge in [0.25, 0.3) is 0 Å². The number of hydrogen-bond donors (Lipinski definition) is 2. The van der Waals surface area contributed by atoms with Gasteiger partial charge in [0.15, 0.2) is 0 Å². The predicted molar refractivity (Wildman–Crippen MR) is 65.4 cm³/mol. The lowest BCUT2D eigenvalue weighted by Gasteiger charge is -2.11. The van der Waals surface area contributed by atoms with Gasteiger partial charge in [-0.3, -0.25) is 4.79 Å².